The third kappa shape index (κ3) is 1.93. The van der Waals surface area contributed by atoms with E-state index in [1.54, 1.807) is 25.6 Å². The summed E-state index contributed by atoms with van der Waals surface area (Å²) in [5.74, 6) is 0.598. The van der Waals surface area contributed by atoms with Gasteiger partial charge in [-0.05, 0) is 18.9 Å². The molecule has 0 N–H and O–H groups in total. The highest BCUT2D eigenvalue weighted by molar-refractivity contribution is 5.96. The van der Waals surface area contributed by atoms with Gasteiger partial charge in [0, 0.05) is 19.3 Å². The van der Waals surface area contributed by atoms with Crippen LogP contribution < -0.4 is 4.74 Å². The van der Waals surface area contributed by atoms with Crippen LogP contribution in [0.15, 0.2) is 18.5 Å². The molecular weight excluding hydrogens is 192 g/mol. The summed E-state index contributed by atoms with van der Waals surface area (Å²) in [4.78, 5) is 17.8. The smallest absolute Gasteiger partial charge is 0.257 e. The topological polar surface area (TPSA) is 42.4 Å². The van der Waals surface area contributed by atoms with Crippen molar-refractivity contribution < 1.29 is 9.53 Å². The fourth-order valence-electron chi connectivity index (χ4n) is 1.81. The molecule has 0 spiro atoms. The molecule has 0 radical (unpaired) electrons. The summed E-state index contributed by atoms with van der Waals surface area (Å²) in [5.41, 5.74) is 0.606. The van der Waals surface area contributed by atoms with Gasteiger partial charge in [0.2, 0.25) is 0 Å². The quantitative estimate of drug-likeness (QED) is 0.733. The van der Waals surface area contributed by atoms with Gasteiger partial charge in [-0.3, -0.25) is 9.78 Å². The van der Waals surface area contributed by atoms with Crippen LogP contribution in [-0.2, 0) is 0 Å². The first-order valence-electron chi connectivity index (χ1n) is 5.10. The molecule has 0 saturated carbocycles. The summed E-state index contributed by atoms with van der Waals surface area (Å²) in [6, 6.07) is 1.71. The lowest BCUT2D eigenvalue weighted by Gasteiger charge is -2.16. The normalized spacial score (nSPS) is 15.4. The van der Waals surface area contributed by atoms with Gasteiger partial charge in [0.1, 0.15) is 5.75 Å². The van der Waals surface area contributed by atoms with E-state index in [1.165, 1.54) is 0 Å². The SMILES string of the molecule is COc1cnccc1C(=O)N1CCCC1. The van der Waals surface area contributed by atoms with Crippen LogP contribution in [0.4, 0.5) is 0 Å². The third-order valence-electron chi connectivity index (χ3n) is 2.63. The van der Waals surface area contributed by atoms with Gasteiger partial charge in [-0.25, -0.2) is 0 Å². The second-order valence-electron chi connectivity index (χ2n) is 3.58. The second-order valence-corrected chi connectivity index (χ2v) is 3.58. The van der Waals surface area contributed by atoms with Crippen LogP contribution in [0.25, 0.3) is 0 Å². The number of ether oxygens (including phenoxy) is 1. The first-order valence-corrected chi connectivity index (χ1v) is 5.10. The second kappa shape index (κ2) is 4.29. The number of amides is 1. The van der Waals surface area contributed by atoms with E-state index in [-0.39, 0.29) is 5.91 Å². The summed E-state index contributed by atoms with van der Waals surface area (Å²) in [7, 11) is 1.55. The number of likely N-dealkylation sites (tertiary alicyclic amines) is 1. The average molecular weight is 206 g/mol. The Kier molecular flexibility index (Phi) is 2.85. The Balaban J connectivity index is 2.24. The van der Waals surface area contributed by atoms with E-state index in [0.717, 1.165) is 25.9 Å². The summed E-state index contributed by atoms with van der Waals surface area (Å²) < 4.78 is 5.12. The van der Waals surface area contributed by atoms with Crippen molar-refractivity contribution in [1.29, 1.82) is 0 Å². The fraction of sp³-hybridized carbons (Fsp3) is 0.455. The Hall–Kier alpha value is -1.58. The molecule has 1 fully saturated rings. The van der Waals surface area contributed by atoms with Crippen molar-refractivity contribution in [3.05, 3.63) is 24.0 Å². The zero-order valence-corrected chi connectivity index (χ0v) is 8.77. The fourth-order valence-corrected chi connectivity index (χ4v) is 1.81. The number of carbonyl (C=O) groups is 1. The predicted octanol–water partition coefficient (Wildman–Crippen LogP) is 1.33. The minimum Gasteiger partial charge on any atom is -0.494 e. The van der Waals surface area contributed by atoms with Crippen molar-refractivity contribution in [1.82, 2.24) is 9.88 Å². The zero-order chi connectivity index (χ0) is 10.7. The molecule has 2 rings (SSSR count). The van der Waals surface area contributed by atoms with E-state index >= 15 is 0 Å². The molecule has 1 aromatic rings. The van der Waals surface area contributed by atoms with Crippen molar-refractivity contribution >= 4 is 5.91 Å². The van der Waals surface area contributed by atoms with Gasteiger partial charge < -0.3 is 9.64 Å². The standard InChI is InChI=1S/C11H14N2O2/c1-15-10-8-12-5-4-9(10)11(14)13-6-2-3-7-13/h4-5,8H,2-3,6-7H2,1H3. The van der Waals surface area contributed by atoms with E-state index in [4.69, 9.17) is 4.74 Å². The number of aromatic nitrogens is 1. The van der Waals surface area contributed by atoms with E-state index in [1.807, 2.05) is 4.90 Å². The molecule has 2 heterocycles. The molecule has 1 saturated heterocycles. The molecule has 0 bridgehead atoms. The third-order valence-corrected chi connectivity index (χ3v) is 2.63. The summed E-state index contributed by atoms with van der Waals surface area (Å²) in [6.45, 7) is 1.70. The Morgan fingerprint density at radius 2 is 2.20 bits per heavy atom. The van der Waals surface area contributed by atoms with Crippen LogP contribution in [0.2, 0.25) is 0 Å². The molecule has 0 atom stereocenters. The summed E-state index contributed by atoms with van der Waals surface area (Å²) >= 11 is 0. The number of carbonyl (C=O) groups excluding carboxylic acids is 1. The molecule has 0 aromatic carbocycles. The van der Waals surface area contributed by atoms with Crippen LogP contribution in [0.3, 0.4) is 0 Å². The highest BCUT2D eigenvalue weighted by Gasteiger charge is 2.21. The first kappa shape index (κ1) is 9.96. The van der Waals surface area contributed by atoms with E-state index in [9.17, 15) is 4.79 Å². The van der Waals surface area contributed by atoms with Gasteiger partial charge in [0.25, 0.3) is 5.91 Å². The minimum absolute atomic E-state index is 0.0479. The van der Waals surface area contributed by atoms with Crippen molar-refractivity contribution in [3.8, 4) is 5.75 Å². The number of hydrogen-bond acceptors (Lipinski definition) is 3. The lowest BCUT2D eigenvalue weighted by atomic mass is 10.2. The minimum atomic E-state index is 0.0479. The Labute approximate surface area is 88.9 Å². The van der Waals surface area contributed by atoms with Crippen molar-refractivity contribution in [2.75, 3.05) is 20.2 Å². The van der Waals surface area contributed by atoms with E-state index in [2.05, 4.69) is 4.98 Å². The molecule has 1 aromatic heterocycles. The Morgan fingerprint density at radius 1 is 1.47 bits per heavy atom. The molecular formula is C11H14N2O2. The maximum absolute atomic E-state index is 12.0. The molecule has 4 heteroatoms. The van der Waals surface area contributed by atoms with Crippen LogP contribution in [0, 0.1) is 0 Å². The van der Waals surface area contributed by atoms with Gasteiger partial charge in [0.05, 0.1) is 18.9 Å². The van der Waals surface area contributed by atoms with Crippen LogP contribution >= 0.6 is 0 Å². The molecule has 4 nitrogen and oxygen atoms in total. The van der Waals surface area contributed by atoms with Crippen LogP contribution in [0.1, 0.15) is 23.2 Å². The predicted molar refractivity (Wildman–Crippen MR) is 55.9 cm³/mol. The highest BCUT2D eigenvalue weighted by Crippen LogP contribution is 2.20. The lowest BCUT2D eigenvalue weighted by molar-refractivity contribution is 0.0789. The summed E-state index contributed by atoms with van der Waals surface area (Å²) in [6.07, 6.45) is 5.38. The molecule has 0 unspecified atom stereocenters. The van der Waals surface area contributed by atoms with E-state index < -0.39 is 0 Å². The summed E-state index contributed by atoms with van der Waals surface area (Å²) in [5, 5.41) is 0. The van der Waals surface area contributed by atoms with Crippen molar-refractivity contribution in [2.24, 2.45) is 0 Å². The maximum Gasteiger partial charge on any atom is 0.257 e. The monoisotopic (exact) mass is 206 g/mol. The number of hydrogen-bond donors (Lipinski definition) is 0. The van der Waals surface area contributed by atoms with Crippen molar-refractivity contribution in [2.45, 2.75) is 12.8 Å². The molecule has 80 valence electrons. The Morgan fingerprint density at radius 3 is 2.87 bits per heavy atom. The molecule has 1 amide bonds. The first-order chi connectivity index (χ1) is 7.33. The Bertz CT molecular complexity index is 359. The molecule has 1 aliphatic rings. The van der Waals surface area contributed by atoms with Gasteiger partial charge in [0.15, 0.2) is 0 Å². The van der Waals surface area contributed by atoms with Gasteiger partial charge in [-0.1, -0.05) is 0 Å². The number of pyridine rings is 1. The van der Waals surface area contributed by atoms with Gasteiger partial charge >= 0.3 is 0 Å². The van der Waals surface area contributed by atoms with Crippen molar-refractivity contribution in [3.63, 3.8) is 0 Å². The highest BCUT2D eigenvalue weighted by atomic mass is 16.5. The number of rotatable bonds is 2. The van der Waals surface area contributed by atoms with Gasteiger partial charge in [-0.2, -0.15) is 0 Å². The molecule has 15 heavy (non-hydrogen) atoms. The van der Waals surface area contributed by atoms with Crippen LogP contribution in [0.5, 0.6) is 5.75 Å². The zero-order valence-electron chi connectivity index (χ0n) is 8.77. The average Bonchev–Trinajstić information content (AvgIpc) is 2.81. The molecule has 0 aliphatic carbocycles. The van der Waals surface area contributed by atoms with Gasteiger partial charge in [-0.15, -0.1) is 0 Å². The maximum atomic E-state index is 12.0. The largest absolute Gasteiger partial charge is 0.494 e. The lowest BCUT2D eigenvalue weighted by Crippen LogP contribution is -2.27. The number of nitrogens with zero attached hydrogens (tertiary/aromatic N) is 2. The molecule has 1 aliphatic heterocycles. The number of methoxy groups -OCH3 is 1. The van der Waals surface area contributed by atoms with Crippen LogP contribution in [-0.4, -0.2) is 36.0 Å². The van der Waals surface area contributed by atoms with E-state index in [0.29, 0.717) is 11.3 Å².